The maximum Gasteiger partial charge on any atom is 0.269 e. The Morgan fingerprint density at radius 3 is 2.23 bits per heavy atom. The predicted octanol–water partition coefficient (Wildman–Crippen LogP) is -1.50. The van der Waals surface area contributed by atoms with Crippen molar-refractivity contribution in [2.24, 2.45) is 0 Å². The standard InChI is InChI=1S/C12H15NO8S/c14-5-8-9(15)10(16)11(17)12(21-8)22(20)7-3-1-6(2-4-7)13(18)19/h1-4,8-12,14-17H,5H2/t8-,9-,10+,11-,12+,22?/m1/s1. The van der Waals surface area contributed by atoms with Crippen LogP contribution in [0.25, 0.3) is 0 Å². The van der Waals surface area contributed by atoms with Gasteiger partial charge in [0.25, 0.3) is 5.69 Å². The van der Waals surface area contributed by atoms with E-state index in [1.165, 1.54) is 12.1 Å². The lowest BCUT2D eigenvalue weighted by atomic mass is 10.0. The van der Waals surface area contributed by atoms with Gasteiger partial charge in [-0.25, -0.2) is 0 Å². The fourth-order valence-electron chi connectivity index (χ4n) is 2.08. The third kappa shape index (κ3) is 3.16. The molecule has 4 N–H and O–H groups in total. The van der Waals surface area contributed by atoms with Crippen LogP contribution in [-0.4, -0.2) is 66.0 Å². The van der Waals surface area contributed by atoms with Crippen LogP contribution in [0.3, 0.4) is 0 Å². The highest BCUT2D eigenvalue weighted by Gasteiger charge is 2.46. The lowest BCUT2D eigenvalue weighted by molar-refractivity contribution is -0.384. The molecule has 1 aromatic carbocycles. The number of non-ortho nitro benzene ring substituents is 1. The van der Waals surface area contributed by atoms with Gasteiger partial charge in [-0.3, -0.25) is 14.3 Å². The molecule has 1 aliphatic rings. The Morgan fingerprint density at radius 2 is 1.73 bits per heavy atom. The number of hydrogen-bond donors (Lipinski definition) is 4. The van der Waals surface area contributed by atoms with Crippen molar-refractivity contribution in [2.75, 3.05) is 6.61 Å². The van der Waals surface area contributed by atoms with E-state index in [4.69, 9.17) is 9.84 Å². The zero-order chi connectivity index (χ0) is 16.4. The minimum atomic E-state index is -1.96. The number of nitro benzene ring substituents is 1. The quantitative estimate of drug-likeness (QED) is 0.384. The van der Waals surface area contributed by atoms with E-state index in [1.54, 1.807) is 0 Å². The second-order valence-electron chi connectivity index (χ2n) is 4.75. The number of benzene rings is 1. The molecule has 1 heterocycles. The number of rotatable bonds is 4. The minimum absolute atomic E-state index is 0.148. The fraction of sp³-hybridized carbons (Fsp3) is 0.500. The van der Waals surface area contributed by atoms with Crippen LogP contribution in [0.2, 0.25) is 0 Å². The molecule has 0 amide bonds. The molecule has 9 nitrogen and oxygen atoms in total. The normalized spacial score (nSPS) is 33.4. The first-order valence-electron chi connectivity index (χ1n) is 6.32. The van der Waals surface area contributed by atoms with Crippen LogP contribution in [0.5, 0.6) is 0 Å². The molecule has 1 aliphatic heterocycles. The van der Waals surface area contributed by atoms with E-state index in [9.17, 15) is 29.6 Å². The first-order chi connectivity index (χ1) is 10.4. The Hall–Kier alpha value is -1.43. The van der Waals surface area contributed by atoms with E-state index in [2.05, 4.69) is 0 Å². The first kappa shape index (κ1) is 16.9. The Kier molecular flexibility index (Phi) is 5.21. The van der Waals surface area contributed by atoms with Crippen LogP contribution >= 0.6 is 0 Å². The number of aliphatic hydroxyl groups is 4. The van der Waals surface area contributed by atoms with Crippen molar-refractivity contribution in [1.29, 1.82) is 0 Å². The second-order valence-corrected chi connectivity index (χ2v) is 6.28. The minimum Gasteiger partial charge on any atom is -0.394 e. The molecular formula is C12H15NO8S. The largest absolute Gasteiger partial charge is 0.394 e. The summed E-state index contributed by atoms with van der Waals surface area (Å²) < 4.78 is 17.6. The molecule has 10 heteroatoms. The maximum absolute atomic E-state index is 12.4. The lowest BCUT2D eigenvalue weighted by Gasteiger charge is -2.39. The fourth-order valence-corrected chi connectivity index (χ4v) is 3.41. The molecule has 1 unspecified atom stereocenters. The van der Waals surface area contributed by atoms with Crippen LogP contribution in [0, 0.1) is 10.1 Å². The summed E-state index contributed by atoms with van der Waals surface area (Å²) in [4.78, 5) is 10.1. The Bertz CT molecular complexity index is 563. The summed E-state index contributed by atoms with van der Waals surface area (Å²) in [6.07, 6.45) is -5.96. The van der Waals surface area contributed by atoms with Gasteiger partial charge in [0.1, 0.15) is 24.4 Å². The van der Waals surface area contributed by atoms with E-state index in [1.807, 2.05) is 0 Å². The van der Waals surface area contributed by atoms with E-state index < -0.39 is 52.2 Å². The molecular weight excluding hydrogens is 318 g/mol. The first-order valence-corrected chi connectivity index (χ1v) is 7.53. The van der Waals surface area contributed by atoms with Crippen molar-refractivity contribution < 1.29 is 34.3 Å². The highest BCUT2D eigenvalue weighted by molar-refractivity contribution is 7.85. The summed E-state index contributed by atoms with van der Waals surface area (Å²) in [5, 5.41) is 48.9. The lowest BCUT2D eigenvalue weighted by Crippen LogP contribution is -2.59. The van der Waals surface area contributed by atoms with E-state index in [0.717, 1.165) is 12.1 Å². The molecule has 0 spiro atoms. The number of aliphatic hydroxyl groups excluding tert-OH is 4. The van der Waals surface area contributed by atoms with Gasteiger partial charge < -0.3 is 25.2 Å². The zero-order valence-corrected chi connectivity index (χ0v) is 12.0. The third-order valence-corrected chi connectivity index (χ3v) is 4.89. The molecule has 0 bridgehead atoms. The monoisotopic (exact) mass is 333 g/mol. The number of ether oxygens (including phenoxy) is 1. The highest BCUT2D eigenvalue weighted by Crippen LogP contribution is 2.27. The Balaban J connectivity index is 2.22. The van der Waals surface area contributed by atoms with Gasteiger partial charge in [-0.15, -0.1) is 0 Å². The van der Waals surface area contributed by atoms with Gasteiger partial charge >= 0.3 is 0 Å². The van der Waals surface area contributed by atoms with Gasteiger partial charge in [-0.1, -0.05) is 0 Å². The molecule has 1 fully saturated rings. The molecule has 0 saturated carbocycles. The molecule has 22 heavy (non-hydrogen) atoms. The van der Waals surface area contributed by atoms with Crippen molar-refractivity contribution >= 4 is 16.5 Å². The van der Waals surface area contributed by atoms with Gasteiger partial charge in [-0.2, -0.15) is 0 Å². The number of hydrogen-bond acceptors (Lipinski definition) is 8. The van der Waals surface area contributed by atoms with Crippen molar-refractivity contribution in [1.82, 2.24) is 0 Å². The molecule has 122 valence electrons. The molecule has 1 saturated heterocycles. The summed E-state index contributed by atoms with van der Waals surface area (Å²) in [5.74, 6) is 0. The zero-order valence-electron chi connectivity index (χ0n) is 11.2. The van der Waals surface area contributed by atoms with Crippen LogP contribution in [-0.2, 0) is 15.5 Å². The van der Waals surface area contributed by atoms with Crippen molar-refractivity contribution in [3.8, 4) is 0 Å². The maximum atomic E-state index is 12.4. The van der Waals surface area contributed by atoms with Gasteiger partial charge in [0.15, 0.2) is 5.44 Å². The third-order valence-electron chi connectivity index (χ3n) is 3.34. The predicted molar refractivity (Wildman–Crippen MR) is 73.3 cm³/mol. The van der Waals surface area contributed by atoms with Crippen molar-refractivity contribution in [3.05, 3.63) is 34.4 Å². The van der Waals surface area contributed by atoms with Crippen LogP contribution in [0.1, 0.15) is 0 Å². The van der Waals surface area contributed by atoms with E-state index >= 15 is 0 Å². The summed E-state index contributed by atoms with van der Waals surface area (Å²) in [6.45, 7) is -0.626. The summed E-state index contributed by atoms with van der Waals surface area (Å²) >= 11 is 0. The van der Waals surface area contributed by atoms with Crippen LogP contribution < -0.4 is 0 Å². The summed E-state index contributed by atoms with van der Waals surface area (Å²) in [5.41, 5.74) is -1.56. The number of nitro groups is 1. The van der Waals surface area contributed by atoms with Gasteiger partial charge in [0.2, 0.25) is 0 Å². The van der Waals surface area contributed by atoms with Crippen molar-refractivity contribution in [3.63, 3.8) is 0 Å². The Labute approximate surface area is 127 Å². The molecule has 0 aromatic heterocycles. The van der Waals surface area contributed by atoms with Crippen molar-refractivity contribution in [2.45, 2.75) is 34.7 Å². The number of nitrogens with zero attached hydrogens (tertiary/aromatic N) is 1. The van der Waals surface area contributed by atoms with Gasteiger partial charge in [0, 0.05) is 17.0 Å². The highest BCUT2D eigenvalue weighted by atomic mass is 32.2. The van der Waals surface area contributed by atoms with Gasteiger partial charge in [-0.05, 0) is 12.1 Å². The average molecular weight is 333 g/mol. The van der Waals surface area contributed by atoms with Crippen LogP contribution in [0.4, 0.5) is 5.69 Å². The molecule has 2 rings (SSSR count). The molecule has 0 radical (unpaired) electrons. The Morgan fingerprint density at radius 1 is 1.14 bits per heavy atom. The molecule has 0 aliphatic carbocycles. The summed E-state index contributed by atoms with van der Waals surface area (Å²) in [6, 6.07) is 4.79. The summed E-state index contributed by atoms with van der Waals surface area (Å²) in [7, 11) is -1.96. The second kappa shape index (κ2) is 6.77. The topological polar surface area (TPSA) is 150 Å². The smallest absolute Gasteiger partial charge is 0.269 e. The molecule has 6 atom stereocenters. The van der Waals surface area contributed by atoms with Crippen LogP contribution in [0.15, 0.2) is 29.2 Å². The SMILES string of the molecule is O=[N+]([O-])c1ccc(S(=O)[C@@H]2O[C@H](CO)[C@@H](O)[C@H](O)[C@H]2O)cc1. The van der Waals surface area contributed by atoms with E-state index in [-0.39, 0.29) is 10.6 Å². The van der Waals surface area contributed by atoms with E-state index in [0.29, 0.717) is 0 Å². The molecule has 1 aromatic rings. The average Bonchev–Trinajstić information content (AvgIpc) is 2.52. The van der Waals surface area contributed by atoms with Gasteiger partial charge in [0.05, 0.1) is 22.3 Å².